The van der Waals surface area contributed by atoms with E-state index in [4.69, 9.17) is 0 Å². The van der Waals surface area contributed by atoms with Crippen LogP contribution < -0.4 is 0 Å². The number of hydrogen-bond donors (Lipinski definition) is 0. The van der Waals surface area contributed by atoms with Crippen molar-refractivity contribution in [1.29, 1.82) is 0 Å². The summed E-state index contributed by atoms with van der Waals surface area (Å²) in [7, 11) is -3.18. The first-order valence-electron chi connectivity index (χ1n) is 4.82. The second kappa shape index (κ2) is 3.89. The van der Waals surface area contributed by atoms with Gasteiger partial charge in [0.05, 0.1) is 12.8 Å². The smallest absolute Gasteiger partial charge is 0.232 e. The third-order valence-electron chi connectivity index (χ3n) is 2.53. The Balaban J connectivity index is 2.51. The number of benzene rings is 1. The minimum Gasteiger partial charge on any atom is -0.272 e. The van der Waals surface area contributed by atoms with Gasteiger partial charge in [-0.3, -0.25) is 4.31 Å². The summed E-state index contributed by atoms with van der Waals surface area (Å²) in [6.07, 6.45) is 2.83. The molecule has 0 spiro atoms. The number of fused-ring (bicyclic) bond motifs is 1. The molecule has 1 aliphatic heterocycles. The first-order chi connectivity index (χ1) is 7.38. The molecule has 86 valence electrons. The number of rotatable bonds is 1. The van der Waals surface area contributed by atoms with E-state index in [9.17, 15) is 8.42 Å². The van der Waals surface area contributed by atoms with Gasteiger partial charge >= 0.3 is 0 Å². The van der Waals surface area contributed by atoms with E-state index < -0.39 is 10.0 Å². The van der Waals surface area contributed by atoms with Crippen molar-refractivity contribution in [2.75, 3.05) is 6.26 Å². The van der Waals surface area contributed by atoms with Crippen LogP contribution in [0.2, 0.25) is 0 Å². The Morgan fingerprint density at radius 2 is 2.06 bits per heavy atom. The predicted molar refractivity (Wildman–Crippen MR) is 68.5 cm³/mol. The van der Waals surface area contributed by atoms with Crippen molar-refractivity contribution >= 4 is 30.4 Å². The van der Waals surface area contributed by atoms with Crippen LogP contribution in [0, 0.1) is 6.92 Å². The van der Waals surface area contributed by atoms with Crippen LogP contribution in [-0.2, 0) is 16.6 Å². The largest absolute Gasteiger partial charge is 0.272 e. The van der Waals surface area contributed by atoms with Gasteiger partial charge < -0.3 is 0 Å². The van der Waals surface area contributed by atoms with Gasteiger partial charge in [-0.1, -0.05) is 23.8 Å². The highest BCUT2D eigenvalue weighted by Crippen LogP contribution is 2.32. The van der Waals surface area contributed by atoms with Crippen LogP contribution in [0.3, 0.4) is 0 Å². The van der Waals surface area contributed by atoms with Crippen LogP contribution in [0.15, 0.2) is 24.4 Å². The van der Waals surface area contributed by atoms with E-state index in [1.165, 1.54) is 10.6 Å². The summed E-state index contributed by atoms with van der Waals surface area (Å²) in [4.78, 5) is 0. The van der Waals surface area contributed by atoms with Crippen molar-refractivity contribution in [3.8, 4) is 0 Å². The monoisotopic (exact) mass is 301 g/mol. The Kier molecular flexibility index (Phi) is 2.84. The fraction of sp³-hybridized carbons (Fsp3) is 0.273. The molecule has 0 aromatic heterocycles. The Bertz CT molecular complexity index is 563. The highest BCUT2D eigenvalue weighted by molar-refractivity contribution is 9.15. The van der Waals surface area contributed by atoms with E-state index in [1.54, 1.807) is 6.20 Å². The summed E-state index contributed by atoms with van der Waals surface area (Å²) < 4.78 is 25.1. The van der Waals surface area contributed by atoms with Crippen LogP contribution in [0.5, 0.6) is 0 Å². The van der Waals surface area contributed by atoms with Crippen LogP contribution in [0.1, 0.15) is 16.7 Å². The lowest BCUT2D eigenvalue weighted by molar-refractivity contribution is 0.499. The average molecular weight is 302 g/mol. The van der Waals surface area contributed by atoms with Gasteiger partial charge in [0.25, 0.3) is 0 Å². The van der Waals surface area contributed by atoms with Gasteiger partial charge in [-0.2, -0.15) is 0 Å². The van der Waals surface area contributed by atoms with E-state index >= 15 is 0 Å². The first kappa shape index (κ1) is 11.7. The topological polar surface area (TPSA) is 37.4 Å². The van der Waals surface area contributed by atoms with Gasteiger partial charge in [0.2, 0.25) is 10.0 Å². The fourth-order valence-corrected chi connectivity index (χ4v) is 3.10. The van der Waals surface area contributed by atoms with Crippen molar-refractivity contribution < 1.29 is 8.42 Å². The van der Waals surface area contributed by atoms with Crippen molar-refractivity contribution in [3.63, 3.8) is 0 Å². The molecule has 0 unspecified atom stereocenters. The summed E-state index contributed by atoms with van der Waals surface area (Å²) >= 11 is 3.41. The van der Waals surface area contributed by atoms with Crippen molar-refractivity contribution in [2.45, 2.75) is 13.5 Å². The highest BCUT2D eigenvalue weighted by atomic mass is 79.9. The Morgan fingerprint density at radius 1 is 1.38 bits per heavy atom. The second-order valence-corrected chi connectivity index (χ2v) is 6.74. The molecule has 0 atom stereocenters. The molecular formula is C11H12BrNO2S. The molecule has 1 aromatic rings. The van der Waals surface area contributed by atoms with Gasteiger partial charge in [-0.05, 0) is 34.0 Å². The summed E-state index contributed by atoms with van der Waals surface area (Å²) in [6, 6.07) is 6.01. The number of hydrogen-bond acceptors (Lipinski definition) is 2. The van der Waals surface area contributed by atoms with E-state index in [-0.39, 0.29) is 0 Å². The maximum atomic E-state index is 11.5. The molecule has 1 aliphatic rings. The van der Waals surface area contributed by atoms with Crippen molar-refractivity contribution in [1.82, 2.24) is 4.31 Å². The molecule has 1 heterocycles. The maximum Gasteiger partial charge on any atom is 0.232 e. The maximum absolute atomic E-state index is 11.5. The predicted octanol–water partition coefficient (Wildman–Crippen LogP) is 2.46. The lowest BCUT2D eigenvalue weighted by atomic mass is 10.0. The Labute approximate surface area is 104 Å². The minimum atomic E-state index is -3.18. The van der Waals surface area contributed by atoms with Crippen LogP contribution in [0.25, 0.3) is 4.48 Å². The molecule has 0 amide bonds. The van der Waals surface area contributed by atoms with E-state index in [0.717, 1.165) is 21.2 Å². The molecule has 0 saturated heterocycles. The van der Waals surface area contributed by atoms with Crippen LogP contribution >= 0.6 is 15.9 Å². The van der Waals surface area contributed by atoms with Crippen LogP contribution in [-0.4, -0.2) is 19.0 Å². The molecule has 0 fully saturated rings. The zero-order valence-corrected chi connectivity index (χ0v) is 11.5. The standard InChI is InChI=1S/C11H12BrNO2S/c1-8-3-4-9-6-13(16(2,14)15)7-11(12)10(9)5-8/h3-5,7H,6H2,1-2H3. The molecule has 0 radical (unpaired) electrons. The molecule has 5 heteroatoms. The molecule has 0 saturated carbocycles. The zero-order valence-electron chi connectivity index (χ0n) is 9.07. The lowest BCUT2D eigenvalue weighted by Crippen LogP contribution is -2.27. The van der Waals surface area contributed by atoms with E-state index in [1.807, 2.05) is 19.1 Å². The normalized spacial score (nSPS) is 15.7. The number of aryl methyl sites for hydroxylation is 1. The summed E-state index contributed by atoms with van der Waals surface area (Å²) in [5.74, 6) is 0. The third-order valence-corrected chi connectivity index (χ3v) is 4.25. The molecule has 16 heavy (non-hydrogen) atoms. The molecule has 2 rings (SSSR count). The van der Waals surface area contributed by atoms with Crippen molar-refractivity contribution in [2.24, 2.45) is 0 Å². The lowest BCUT2D eigenvalue weighted by Gasteiger charge is -2.25. The first-order valence-corrected chi connectivity index (χ1v) is 7.46. The SMILES string of the molecule is Cc1ccc2c(c1)C(Br)=CN(S(C)(=O)=O)C2. The number of nitrogens with zero attached hydrogens (tertiary/aromatic N) is 1. The van der Waals surface area contributed by atoms with Crippen LogP contribution in [0.4, 0.5) is 0 Å². The Morgan fingerprint density at radius 3 is 2.69 bits per heavy atom. The summed E-state index contributed by atoms with van der Waals surface area (Å²) in [5.41, 5.74) is 3.25. The molecule has 3 nitrogen and oxygen atoms in total. The summed E-state index contributed by atoms with van der Waals surface area (Å²) in [6.45, 7) is 2.42. The summed E-state index contributed by atoms with van der Waals surface area (Å²) in [5, 5.41) is 0. The third kappa shape index (κ3) is 2.15. The Hall–Kier alpha value is -0.810. The highest BCUT2D eigenvalue weighted by Gasteiger charge is 2.21. The average Bonchev–Trinajstić information content (AvgIpc) is 2.17. The fourth-order valence-electron chi connectivity index (χ4n) is 1.67. The van der Waals surface area contributed by atoms with E-state index in [2.05, 4.69) is 22.0 Å². The molecule has 0 bridgehead atoms. The van der Waals surface area contributed by atoms with Crippen molar-refractivity contribution in [3.05, 3.63) is 41.1 Å². The zero-order chi connectivity index (χ0) is 11.9. The number of sulfonamides is 1. The number of halogens is 1. The van der Waals surface area contributed by atoms with Gasteiger partial charge in [-0.25, -0.2) is 8.42 Å². The molecule has 1 aromatic carbocycles. The van der Waals surface area contributed by atoms with Gasteiger partial charge in [-0.15, -0.1) is 0 Å². The molecule has 0 aliphatic carbocycles. The minimum absolute atomic E-state index is 0.406. The molecule has 0 N–H and O–H groups in total. The molecular weight excluding hydrogens is 290 g/mol. The quantitative estimate of drug-likeness (QED) is 0.799. The second-order valence-electron chi connectivity index (χ2n) is 3.95. The van der Waals surface area contributed by atoms with Gasteiger partial charge in [0, 0.05) is 10.7 Å². The van der Waals surface area contributed by atoms with E-state index in [0.29, 0.717) is 6.54 Å². The van der Waals surface area contributed by atoms with Gasteiger partial charge in [0.15, 0.2) is 0 Å². The van der Waals surface area contributed by atoms with Gasteiger partial charge in [0.1, 0.15) is 0 Å².